The van der Waals surface area contributed by atoms with Crippen LogP contribution >= 0.6 is 0 Å². The van der Waals surface area contributed by atoms with Crippen molar-refractivity contribution in [3.8, 4) is 0 Å². The number of hydrogen-bond donors (Lipinski definition) is 3. The highest BCUT2D eigenvalue weighted by Gasteiger charge is 2.35. The maximum Gasteiger partial charge on any atom is 0.451 e. The Balaban J connectivity index is 2.01. The van der Waals surface area contributed by atoms with Crippen molar-refractivity contribution in [1.29, 1.82) is 0 Å². The van der Waals surface area contributed by atoms with Crippen LogP contribution in [0.4, 0.5) is 30.5 Å². The highest BCUT2D eigenvalue weighted by atomic mass is 19.4. The van der Waals surface area contributed by atoms with Gasteiger partial charge in [0, 0.05) is 25.8 Å². The van der Waals surface area contributed by atoms with E-state index in [1.54, 1.807) is 13.0 Å². The molecule has 182 valence electrons. The molecule has 1 fully saturated rings. The number of aromatic amines is 1. The lowest BCUT2D eigenvalue weighted by Gasteiger charge is -2.38. The van der Waals surface area contributed by atoms with Gasteiger partial charge in [-0.3, -0.25) is 9.89 Å². The molecule has 33 heavy (non-hydrogen) atoms. The number of aromatic nitrogens is 3. The van der Waals surface area contributed by atoms with Gasteiger partial charge in [0.05, 0.1) is 17.8 Å². The number of ether oxygens (including phenoxy) is 1. The Hall–Kier alpha value is -2.82. The van der Waals surface area contributed by atoms with Crippen molar-refractivity contribution in [2.45, 2.75) is 58.2 Å². The molecule has 1 aliphatic rings. The number of carboxylic acids is 1. The summed E-state index contributed by atoms with van der Waals surface area (Å²) in [7, 11) is 0. The molecule has 8 nitrogen and oxygen atoms in total. The van der Waals surface area contributed by atoms with Crippen LogP contribution in [0.25, 0.3) is 0 Å². The van der Waals surface area contributed by atoms with Gasteiger partial charge in [-0.05, 0) is 42.4 Å². The first-order valence-electron chi connectivity index (χ1n) is 11.0. The highest BCUT2D eigenvalue weighted by Crippen LogP contribution is 2.36. The summed E-state index contributed by atoms with van der Waals surface area (Å²) in [5.74, 6) is -2.26. The van der Waals surface area contributed by atoms with E-state index >= 15 is 0 Å². The lowest BCUT2D eigenvalue weighted by Crippen LogP contribution is -2.42. The summed E-state index contributed by atoms with van der Waals surface area (Å²) in [4.78, 5) is 17.0. The molecule has 1 aliphatic heterocycles. The number of hydrogen-bond acceptors (Lipinski definition) is 6. The number of halogens is 3. The predicted octanol–water partition coefficient (Wildman–Crippen LogP) is 4.79. The minimum Gasteiger partial charge on any atom is -0.481 e. The zero-order valence-electron chi connectivity index (χ0n) is 18.9. The third-order valence-electron chi connectivity index (χ3n) is 5.57. The Kier molecular flexibility index (Phi) is 7.83. The van der Waals surface area contributed by atoms with Gasteiger partial charge in [0.1, 0.15) is 0 Å². The molecular formula is C22H30F3N5O3. The quantitative estimate of drug-likeness (QED) is 0.485. The number of nitrogens with one attached hydrogen (secondary N) is 2. The van der Waals surface area contributed by atoms with Crippen molar-refractivity contribution in [1.82, 2.24) is 15.2 Å². The van der Waals surface area contributed by atoms with Crippen LogP contribution in [0.1, 0.15) is 57.3 Å². The fourth-order valence-electron chi connectivity index (χ4n) is 3.99. The second-order valence-electron chi connectivity index (χ2n) is 8.80. The molecule has 2 heterocycles. The van der Waals surface area contributed by atoms with Gasteiger partial charge in [0.25, 0.3) is 0 Å². The first kappa shape index (κ1) is 24.8. The van der Waals surface area contributed by atoms with E-state index in [0.29, 0.717) is 24.8 Å². The number of aliphatic carboxylic acids is 1. The van der Waals surface area contributed by atoms with E-state index in [-0.39, 0.29) is 24.3 Å². The SMILES string of the molecule is CC(C)CN(c1ccc([C@H](C)CC(=O)O)cc1Nc1n[nH]c(C(F)(F)F)n1)C1CCOCC1. The van der Waals surface area contributed by atoms with Crippen LogP contribution in [-0.2, 0) is 15.7 Å². The third kappa shape index (κ3) is 6.59. The first-order chi connectivity index (χ1) is 15.5. The molecular weight excluding hydrogens is 439 g/mol. The monoisotopic (exact) mass is 469 g/mol. The van der Waals surface area contributed by atoms with Gasteiger partial charge in [-0.1, -0.05) is 26.8 Å². The molecule has 3 rings (SSSR count). The van der Waals surface area contributed by atoms with Gasteiger partial charge in [0.2, 0.25) is 11.8 Å². The Labute approximate surface area is 190 Å². The number of nitrogens with zero attached hydrogens (tertiary/aromatic N) is 3. The maximum atomic E-state index is 13.0. The second-order valence-corrected chi connectivity index (χ2v) is 8.80. The number of H-pyrrole nitrogens is 1. The van der Waals surface area contributed by atoms with E-state index in [1.807, 2.05) is 17.2 Å². The number of benzene rings is 1. The fraction of sp³-hybridized carbons (Fsp3) is 0.591. The van der Waals surface area contributed by atoms with Crippen molar-refractivity contribution < 1.29 is 27.8 Å². The standard InChI is InChI=1S/C22H30F3N5O3/c1-13(2)12-30(16-6-8-33-9-7-16)18-5-4-15(14(3)10-19(31)32)11-17(18)26-21-27-20(28-29-21)22(23,24)25/h4-5,11,13-14,16H,6-10,12H2,1-3H3,(H,31,32)(H2,26,27,28,29)/t14-/m1/s1. The summed E-state index contributed by atoms with van der Waals surface area (Å²) in [6.45, 7) is 8.04. The molecule has 1 saturated heterocycles. The van der Waals surface area contributed by atoms with E-state index in [9.17, 15) is 23.1 Å². The molecule has 1 aromatic carbocycles. The third-order valence-corrected chi connectivity index (χ3v) is 5.57. The summed E-state index contributed by atoms with van der Waals surface area (Å²) in [6, 6.07) is 5.76. The zero-order valence-corrected chi connectivity index (χ0v) is 18.9. The van der Waals surface area contributed by atoms with E-state index in [1.165, 1.54) is 0 Å². The van der Waals surface area contributed by atoms with Gasteiger partial charge in [-0.15, -0.1) is 5.10 Å². The average molecular weight is 470 g/mol. The number of carboxylic acid groups (broad SMARTS) is 1. The molecule has 0 spiro atoms. The molecule has 2 aromatic rings. The molecule has 0 bridgehead atoms. The Morgan fingerprint density at radius 1 is 1.30 bits per heavy atom. The average Bonchev–Trinajstić information content (AvgIpc) is 3.21. The zero-order chi connectivity index (χ0) is 24.2. The van der Waals surface area contributed by atoms with E-state index in [0.717, 1.165) is 30.6 Å². The Morgan fingerprint density at radius 2 is 2.00 bits per heavy atom. The van der Waals surface area contributed by atoms with Crippen LogP contribution in [0.15, 0.2) is 18.2 Å². The van der Waals surface area contributed by atoms with Crippen LogP contribution in [0, 0.1) is 5.92 Å². The summed E-state index contributed by atoms with van der Waals surface area (Å²) < 4.78 is 44.5. The molecule has 1 atom stereocenters. The van der Waals surface area contributed by atoms with Gasteiger partial charge >= 0.3 is 12.1 Å². The summed E-state index contributed by atoms with van der Waals surface area (Å²) in [5.41, 5.74) is 2.09. The van der Waals surface area contributed by atoms with E-state index < -0.39 is 18.0 Å². The lowest BCUT2D eigenvalue weighted by molar-refractivity contribution is -0.144. The molecule has 0 unspecified atom stereocenters. The van der Waals surface area contributed by atoms with Gasteiger partial charge in [0.15, 0.2) is 0 Å². The predicted molar refractivity (Wildman–Crippen MR) is 118 cm³/mol. The maximum absolute atomic E-state index is 13.0. The largest absolute Gasteiger partial charge is 0.481 e. The smallest absolute Gasteiger partial charge is 0.451 e. The molecule has 0 aliphatic carbocycles. The first-order valence-corrected chi connectivity index (χ1v) is 11.0. The highest BCUT2D eigenvalue weighted by molar-refractivity contribution is 5.75. The molecule has 0 amide bonds. The number of anilines is 3. The van der Waals surface area contributed by atoms with E-state index in [4.69, 9.17) is 4.74 Å². The number of alkyl halides is 3. The normalized spacial score (nSPS) is 16.1. The van der Waals surface area contributed by atoms with Crippen molar-refractivity contribution in [3.05, 3.63) is 29.6 Å². The van der Waals surface area contributed by atoms with Crippen LogP contribution in [0.3, 0.4) is 0 Å². The summed E-state index contributed by atoms with van der Waals surface area (Å²) >= 11 is 0. The molecule has 0 saturated carbocycles. The molecule has 11 heteroatoms. The van der Waals surface area contributed by atoms with Crippen LogP contribution < -0.4 is 10.2 Å². The summed E-state index contributed by atoms with van der Waals surface area (Å²) in [6.07, 6.45) is -3.03. The van der Waals surface area contributed by atoms with Crippen LogP contribution in [0.2, 0.25) is 0 Å². The van der Waals surface area contributed by atoms with Crippen molar-refractivity contribution in [2.75, 3.05) is 30.0 Å². The number of rotatable bonds is 9. The topological polar surface area (TPSA) is 103 Å². The van der Waals surface area contributed by atoms with Gasteiger partial charge in [-0.25, -0.2) is 0 Å². The molecule has 3 N–H and O–H groups in total. The molecule has 0 radical (unpaired) electrons. The van der Waals surface area contributed by atoms with Gasteiger partial charge < -0.3 is 20.1 Å². The minimum absolute atomic E-state index is 0.0622. The summed E-state index contributed by atoms with van der Waals surface area (Å²) in [5, 5.41) is 17.7. The Morgan fingerprint density at radius 3 is 2.58 bits per heavy atom. The Bertz CT molecular complexity index is 942. The van der Waals surface area contributed by atoms with Crippen LogP contribution in [-0.4, -0.2) is 52.1 Å². The second kappa shape index (κ2) is 10.4. The van der Waals surface area contributed by atoms with Crippen molar-refractivity contribution >= 4 is 23.3 Å². The van der Waals surface area contributed by atoms with Gasteiger partial charge in [-0.2, -0.15) is 18.2 Å². The van der Waals surface area contributed by atoms with Crippen molar-refractivity contribution in [2.24, 2.45) is 5.92 Å². The van der Waals surface area contributed by atoms with Crippen molar-refractivity contribution in [3.63, 3.8) is 0 Å². The minimum atomic E-state index is -4.64. The van der Waals surface area contributed by atoms with E-state index in [2.05, 4.69) is 34.1 Å². The number of carbonyl (C=O) groups is 1. The fourth-order valence-corrected chi connectivity index (χ4v) is 3.99. The van der Waals surface area contributed by atoms with Crippen LogP contribution in [0.5, 0.6) is 0 Å². The lowest BCUT2D eigenvalue weighted by atomic mass is 9.95. The molecule has 1 aromatic heterocycles.